The van der Waals surface area contributed by atoms with Crippen LogP contribution in [0.3, 0.4) is 0 Å². The van der Waals surface area contributed by atoms with Crippen LogP contribution in [0.15, 0.2) is 55.1 Å². The number of H-pyrrole nitrogens is 1. The molecule has 0 fully saturated rings. The van der Waals surface area contributed by atoms with Crippen molar-refractivity contribution in [2.75, 3.05) is 12.4 Å². The number of aromatic nitrogens is 5. The Labute approximate surface area is 139 Å². The van der Waals surface area contributed by atoms with E-state index in [1.807, 2.05) is 42.3 Å². The second kappa shape index (κ2) is 6.16. The highest BCUT2D eigenvalue weighted by Crippen LogP contribution is 2.17. The van der Waals surface area contributed by atoms with E-state index in [-0.39, 0.29) is 0 Å². The maximum Gasteiger partial charge on any atom is 0.125 e. The van der Waals surface area contributed by atoms with E-state index in [0.717, 1.165) is 34.9 Å². The van der Waals surface area contributed by atoms with E-state index in [4.69, 9.17) is 0 Å². The molecule has 0 bridgehead atoms. The third-order valence-corrected chi connectivity index (χ3v) is 3.93. The molecule has 3 heterocycles. The molecule has 0 aliphatic heterocycles. The first kappa shape index (κ1) is 14.4. The number of pyridine rings is 1. The number of rotatable bonds is 5. The molecular formula is C18H18N6. The summed E-state index contributed by atoms with van der Waals surface area (Å²) in [5.74, 6) is 1.79. The van der Waals surface area contributed by atoms with Gasteiger partial charge in [0.05, 0.1) is 23.1 Å². The topological polar surface area (TPSA) is 71.4 Å². The first-order valence-corrected chi connectivity index (χ1v) is 7.87. The lowest BCUT2D eigenvalue weighted by molar-refractivity contribution is 0.798. The molecule has 6 heteroatoms. The summed E-state index contributed by atoms with van der Waals surface area (Å²) < 4.78 is 2.05. The number of imidazole rings is 2. The Hall–Kier alpha value is -3.15. The summed E-state index contributed by atoms with van der Waals surface area (Å²) in [5.41, 5.74) is 4.22. The van der Waals surface area contributed by atoms with Crippen LogP contribution in [0.5, 0.6) is 0 Å². The highest BCUT2D eigenvalue weighted by molar-refractivity contribution is 5.76. The van der Waals surface area contributed by atoms with Crippen LogP contribution < -0.4 is 5.32 Å². The molecule has 0 atom stereocenters. The largest absolute Gasteiger partial charge is 0.373 e. The van der Waals surface area contributed by atoms with Crippen molar-refractivity contribution in [1.82, 2.24) is 24.5 Å². The van der Waals surface area contributed by atoms with Crippen molar-refractivity contribution in [3.63, 3.8) is 0 Å². The van der Waals surface area contributed by atoms with Gasteiger partial charge in [0.1, 0.15) is 11.6 Å². The van der Waals surface area contributed by atoms with Crippen molar-refractivity contribution in [1.29, 1.82) is 0 Å². The number of anilines is 1. The van der Waals surface area contributed by atoms with Crippen molar-refractivity contribution in [3.05, 3.63) is 72.2 Å². The molecule has 3 aromatic heterocycles. The smallest absolute Gasteiger partial charge is 0.125 e. The van der Waals surface area contributed by atoms with Gasteiger partial charge in [-0.15, -0.1) is 0 Å². The van der Waals surface area contributed by atoms with Gasteiger partial charge in [-0.3, -0.25) is 0 Å². The van der Waals surface area contributed by atoms with Crippen molar-refractivity contribution in [2.24, 2.45) is 0 Å². The number of nitrogens with zero attached hydrogens (tertiary/aromatic N) is 4. The minimum atomic E-state index is 0.682. The number of fused-ring (bicyclic) bond motifs is 1. The van der Waals surface area contributed by atoms with E-state index >= 15 is 0 Å². The summed E-state index contributed by atoms with van der Waals surface area (Å²) in [6.07, 6.45) is 6.26. The third kappa shape index (κ3) is 2.99. The molecule has 0 radical (unpaired) electrons. The van der Waals surface area contributed by atoms with Crippen LogP contribution in [0, 0.1) is 0 Å². The van der Waals surface area contributed by atoms with Crippen molar-refractivity contribution < 1.29 is 0 Å². The normalized spacial score (nSPS) is 11.0. The van der Waals surface area contributed by atoms with Crippen LogP contribution in [0.25, 0.3) is 11.0 Å². The lowest BCUT2D eigenvalue weighted by Crippen LogP contribution is -1.98. The Kier molecular flexibility index (Phi) is 3.70. The Bertz CT molecular complexity index is 955. The minimum Gasteiger partial charge on any atom is -0.373 e. The monoisotopic (exact) mass is 318 g/mol. The average molecular weight is 318 g/mol. The summed E-state index contributed by atoms with van der Waals surface area (Å²) >= 11 is 0. The van der Waals surface area contributed by atoms with Crippen LogP contribution in [0.1, 0.15) is 17.1 Å². The van der Waals surface area contributed by atoms with Gasteiger partial charge in [-0.2, -0.15) is 0 Å². The van der Waals surface area contributed by atoms with Gasteiger partial charge in [0.15, 0.2) is 0 Å². The fourth-order valence-corrected chi connectivity index (χ4v) is 2.77. The van der Waals surface area contributed by atoms with Gasteiger partial charge in [-0.1, -0.05) is 12.1 Å². The van der Waals surface area contributed by atoms with Crippen LogP contribution in [-0.4, -0.2) is 31.6 Å². The fraction of sp³-hybridized carbons (Fsp3) is 0.167. The molecule has 1 aromatic carbocycles. The first-order chi connectivity index (χ1) is 11.8. The van der Waals surface area contributed by atoms with Crippen molar-refractivity contribution in [2.45, 2.75) is 13.0 Å². The predicted molar refractivity (Wildman–Crippen MR) is 94.0 cm³/mol. The maximum absolute atomic E-state index is 4.67. The number of nitrogens with one attached hydrogen (secondary N) is 2. The molecule has 0 unspecified atom stereocenters. The summed E-state index contributed by atoms with van der Waals surface area (Å²) in [6.45, 7) is 0.802. The quantitative estimate of drug-likeness (QED) is 0.593. The molecule has 0 saturated carbocycles. The van der Waals surface area contributed by atoms with Gasteiger partial charge in [0.25, 0.3) is 0 Å². The SMILES string of the molecule is CNc1cccc(Cc2nc3ccc(Cn4ccnc4)cc3[nH]2)n1. The minimum absolute atomic E-state index is 0.682. The van der Waals surface area contributed by atoms with Crippen molar-refractivity contribution in [3.8, 4) is 0 Å². The van der Waals surface area contributed by atoms with E-state index in [1.54, 1.807) is 6.20 Å². The molecule has 24 heavy (non-hydrogen) atoms. The lowest BCUT2D eigenvalue weighted by Gasteiger charge is -2.02. The molecule has 0 aliphatic carbocycles. The number of hydrogen-bond donors (Lipinski definition) is 2. The molecule has 120 valence electrons. The first-order valence-electron chi connectivity index (χ1n) is 7.87. The van der Waals surface area contributed by atoms with E-state index in [0.29, 0.717) is 6.42 Å². The Morgan fingerprint density at radius 1 is 1.17 bits per heavy atom. The van der Waals surface area contributed by atoms with Crippen LogP contribution in [0.2, 0.25) is 0 Å². The molecule has 0 amide bonds. The maximum atomic E-state index is 4.67. The highest BCUT2D eigenvalue weighted by Gasteiger charge is 2.06. The van der Waals surface area contributed by atoms with Gasteiger partial charge in [0, 0.05) is 32.4 Å². The van der Waals surface area contributed by atoms with E-state index in [9.17, 15) is 0 Å². The standard InChI is InChI=1S/C18H18N6/c1-19-17-4-2-3-14(21-17)10-18-22-15-6-5-13(9-16(15)23-18)11-24-8-7-20-12-24/h2-9,12H,10-11H2,1H3,(H,19,21)(H,22,23). The van der Waals surface area contributed by atoms with Gasteiger partial charge in [0.2, 0.25) is 0 Å². The molecule has 4 rings (SSSR count). The van der Waals surface area contributed by atoms with E-state index < -0.39 is 0 Å². The second-order valence-corrected chi connectivity index (χ2v) is 5.71. The van der Waals surface area contributed by atoms with Gasteiger partial charge in [-0.25, -0.2) is 15.0 Å². The molecule has 0 aliphatic rings. The van der Waals surface area contributed by atoms with Gasteiger partial charge >= 0.3 is 0 Å². The lowest BCUT2D eigenvalue weighted by atomic mass is 10.2. The Morgan fingerprint density at radius 2 is 2.12 bits per heavy atom. The molecule has 4 aromatic rings. The zero-order valence-corrected chi connectivity index (χ0v) is 13.4. The highest BCUT2D eigenvalue weighted by atomic mass is 15.0. The van der Waals surface area contributed by atoms with Crippen LogP contribution in [-0.2, 0) is 13.0 Å². The molecule has 6 nitrogen and oxygen atoms in total. The van der Waals surface area contributed by atoms with Crippen LogP contribution >= 0.6 is 0 Å². The summed E-state index contributed by atoms with van der Waals surface area (Å²) in [7, 11) is 1.87. The number of aromatic amines is 1. The molecule has 0 spiro atoms. The third-order valence-electron chi connectivity index (χ3n) is 3.93. The average Bonchev–Trinajstić information content (AvgIpc) is 3.24. The summed E-state index contributed by atoms with van der Waals surface area (Å²) in [5, 5.41) is 3.06. The van der Waals surface area contributed by atoms with E-state index in [2.05, 4.69) is 43.5 Å². The number of benzene rings is 1. The summed E-state index contributed by atoms with van der Waals surface area (Å²) in [4.78, 5) is 16.7. The fourth-order valence-electron chi connectivity index (χ4n) is 2.77. The van der Waals surface area contributed by atoms with Crippen molar-refractivity contribution >= 4 is 16.9 Å². The Morgan fingerprint density at radius 3 is 2.96 bits per heavy atom. The van der Waals surface area contributed by atoms with E-state index in [1.165, 1.54) is 5.56 Å². The molecular weight excluding hydrogens is 300 g/mol. The second-order valence-electron chi connectivity index (χ2n) is 5.71. The molecule has 0 saturated heterocycles. The zero-order chi connectivity index (χ0) is 16.4. The predicted octanol–water partition coefficient (Wildman–Crippen LogP) is 2.84. The van der Waals surface area contributed by atoms with Gasteiger partial charge < -0.3 is 14.9 Å². The molecule has 2 N–H and O–H groups in total. The summed E-state index contributed by atoms with van der Waals surface area (Å²) in [6, 6.07) is 12.3. The zero-order valence-electron chi connectivity index (χ0n) is 13.4. The van der Waals surface area contributed by atoms with Gasteiger partial charge in [-0.05, 0) is 29.8 Å². The number of hydrogen-bond acceptors (Lipinski definition) is 4. The van der Waals surface area contributed by atoms with Crippen LogP contribution in [0.4, 0.5) is 5.82 Å². The Balaban J connectivity index is 1.58.